The molecule has 0 spiro atoms. The second kappa shape index (κ2) is 42.9. The van der Waals surface area contributed by atoms with Gasteiger partial charge >= 0.3 is 17.9 Å². The van der Waals surface area contributed by atoms with E-state index < -0.39 is 18.1 Å². The molecule has 8 nitrogen and oxygen atoms in total. The molecule has 0 aromatic heterocycles. The number of likely N-dealkylation sites (N-methyl/N-ethyl adjacent to an activating group) is 1. The summed E-state index contributed by atoms with van der Waals surface area (Å²) in [6.45, 7) is 4.52. The molecule has 8 heteroatoms. The molecule has 0 bridgehead atoms. The normalized spacial score (nSPS) is 13.8. The molecule has 346 valence electrons. The number of allylic oxidation sites excluding steroid dienone is 16. The minimum Gasteiger partial charge on any atom is -0.477 e. The predicted octanol–water partition coefficient (Wildman–Crippen LogP) is 13.5. The van der Waals surface area contributed by atoms with Crippen LogP contribution in [0, 0.1) is 0 Å². The number of carbonyl (C=O) groups excluding carboxylic acids is 2. The monoisotopic (exact) mass is 851 g/mol. The van der Waals surface area contributed by atoms with Crippen LogP contribution in [0.5, 0.6) is 0 Å². The summed E-state index contributed by atoms with van der Waals surface area (Å²) in [5, 5.41) is 9.64. The number of nitrogens with zero attached hydrogens (tertiary/aromatic N) is 1. The highest BCUT2D eigenvalue weighted by atomic mass is 16.6. The van der Waals surface area contributed by atoms with Gasteiger partial charge in [-0.25, -0.2) is 4.79 Å². The molecule has 0 aliphatic carbocycles. The van der Waals surface area contributed by atoms with E-state index in [0.29, 0.717) is 19.3 Å². The fourth-order valence-corrected chi connectivity index (χ4v) is 6.48. The van der Waals surface area contributed by atoms with Gasteiger partial charge in [0.05, 0.1) is 34.4 Å². The maximum absolute atomic E-state index is 12.7. The summed E-state index contributed by atoms with van der Waals surface area (Å²) in [5.74, 6) is -1.55. The van der Waals surface area contributed by atoms with Gasteiger partial charge in [-0.2, -0.15) is 0 Å². The molecule has 0 aromatic rings. The van der Waals surface area contributed by atoms with Gasteiger partial charge in [-0.3, -0.25) is 9.59 Å². The standard InChI is InChI=1S/C53H87NO7/c1-6-8-10-12-14-16-18-20-22-24-26-28-30-32-34-36-38-40-42-44-52(56)61-49(47-59-46-45-50(53(57)58)54(3,4)5)48-60-51(55)43-41-39-37-35-33-31-29-27-25-23-21-19-17-15-13-11-9-7-2/h8,10,12,14,16,18,20,22,24,26-30,32,34,49-50H,6-7,9,11,13,15,17,19,21,23,25,31,33,35-48H2,1-5H3/p+1/b10-8+,14-12+,18-16+,22-20+,26-24+,29-27+,30-28+,34-32+. The van der Waals surface area contributed by atoms with Gasteiger partial charge in [0.25, 0.3) is 0 Å². The molecular formula is C53H88NO7+. The number of hydrogen-bond acceptors (Lipinski definition) is 6. The molecule has 0 radical (unpaired) electrons. The summed E-state index contributed by atoms with van der Waals surface area (Å²) in [7, 11) is 5.50. The van der Waals surface area contributed by atoms with Crippen LogP contribution in [0.2, 0.25) is 0 Å². The fourth-order valence-electron chi connectivity index (χ4n) is 6.48. The number of carboxylic acid groups (broad SMARTS) is 1. The minimum atomic E-state index is -0.888. The lowest BCUT2D eigenvalue weighted by molar-refractivity contribution is -0.887. The number of carbonyl (C=O) groups is 3. The molecule has 0 fully saturated rings. The van der Waals surface area contributed by atoms with E-state index in [1.165, 1.54) is 70.6 Å². The fraction of sp³-hybridized carbons (Fsp3) is 0.642. The van der Waals surface area contributed by atoms with Crippen LogP contribution in [0.1, 0.15) is 168 Å². The third kappa shape index (κ3) is 41.4. The quantitative estimate of drug-likeness (QED) is 0.0215. The number of unbranched alkanes of at least 4 members (excludes halogenated alkanes) is 17. The molecule has 0 rings (SSSR count). The third-order valence-electron chi connectivity index (χ3n) is 10.2. The number of ether oxygens (including phenoxy) is 3. The van der Waals surface area contributed by atoms with Crippen molar-refractivity contribution in [3.8, 4) is 0 Å². The van der Waals surface area contributed by atoms with Crippen LogP contribution in [0.15, 0.2) is 97.2 Å². The van der Waals surface area contributed by atoms with Gasteiger partial charge in [0.15, 0.2) is 12.1 Å². The number of quaternary nitrogens is 1. The Morgan fingerprint density at radius 1 is 0.508 bits per heavy atom. The molecule has 2 atom stereocenters. The van der Waals surface area contributed by atoms with Crippen molar-refractivity contribution in [3.05, 3.63) is 97.2 Å². The zero-order valence-corrected chi connectivity index (χ0v) is 39.3. The molecule has 0 saturated carbocycles. The van der Waals surface area contributed by atoms with Crippen LogP contribution in [0.3, 0.4) is 0 Å². The molecule has 0 aliphatic heterocycles. The predicted molar refractivity (Wildman–Crippen MR) is 256 cm³/mol. The first-order valence-electron chi connectivity index (χ1n) is 23.9. The molecule has 0 heterocycles. The van der Waals surface area contributed by atoms with E-state index in [9.17, 15) is 19.5 Å². The largest absolute Gasteiger partial charge is 0.477 e. The van der Waals surface area contributed by atoms with E-state index in [0.717, 1.165) is 57.8 Å². The topological polar surface area (TPSA) is 99.1 Å². The van der Waals surface area contributed by atoms with Crippen LogP contribution in [0.4, 0.5) is 0 Å². The average molecular weight is 851 g/mol. The molecule has 1 N–H and O–H groups in total. The maximum Gasteiger partial charge on any atom is 0.362 e. The summed E-state index contributed by atoms with van der Waals surface area (Å²) in [5.41, 5.74) is 0. The Morgan fingerprint density at radius 3 is 1.43 bits per heavy atom. The van der Waals surface area contributed by atoms with E-state index in [4.69, 9.17) is 14.2 Å². The van der Waals surface area contributed by atoms with Crippen molar-refractivity contribution in [2.45, 2.75) is 180 Å². The van der Waals surface area contributed by atoms with Gasteiger partial charge in [-0.1, -0.05) is 188 Å². The van der Waals surface area contributed by atoms with Crippen LogP contribution >= 0.6 is 0 Å². The Labute approximate surface area is 373 Å². The minimum absolute atomic E-state index is 0.0335. The third-order valence-corrected chi connectivity index (χ3v) is 10.2. The Hall–Kier alpha value is -3.75. The van der Waals surface area contributed by atoms with Gasteiger partial charge < -0.3 is 23.8 Å². The van der Waals surface area contributed by atoms with Crippen molar-refractivity contribution in [1.82, 2.24) is 0 Å². The van der Waals surface area contributed by atoms with Gasteiger partial charge in [0, 0.05) is 19.3 Å². The second-order valence-electron chi connectivity index (χ2n) is 16.8. The van der Waals surface area contributed by atoms with Crippen molar-refractivity contribution in [2.75, 3.05) is 41.0 Å². The van der Waals surface area contributed by atoms with E-state index in [1.807, 2.05) is 94.1 Å². The van der Waals surface area contributed by atoms with Crippen LogP contribution in [-0.4, -0.2) is 80.6 Å². The van der Waals surface area contributed by atoms with Crippen molar-refractivity contribution in [3.63, 3.8) is 0 Å². The molecule has 2 unspecified atom stereocenters. The number of rotatable bonds is 41. The zero-order chi connectivity index (χ0) is 44.9. The van der Waals surface area contributed by atoms with E-state index in [-0.39, 0.29) is 42.7 Å². The van der Waals surface area contributed by atoms with Gasteiger partial charge in [-0.05, 0) is 57.8 Å². The lowest BCUT2D eigenvalue weighted by atomic mass is 10.1. The smallest absolute Gasteiger partial charge is 0.362 e. The number of carboxylic acids is 1. The lowest BCUT2D eigenvalue weighted by Crippen LogP contribution is -2.50. The lowest BCUT2D eigenvalue weighted by Gasteiger charge is -2.31. The molecule has 0 aliphatic rings. The molecule has 61 heavy (non-hydrogen) atoms. The number of aliphatic carboxylic acids is 1. The van der Waals surface area contributed by atoms with Crippen molar-refractivity contribution < 1.29 is 38.2 Å². The number of esters is 2. The summed E-state index contributed by atoms with van der Waals surface area (Å²) < 4.78 is 17.3. The highest BCUT2D eigenvalue weighted by Gasteiger charge is 2.31. The van der Waals surface area contributed by atoms with E-state index in [2.05, 4.69) is 38.2 Å². The Balaban J connectivity index is 4.44. The van der Waals surface area contributed by atoms with Gasteiger partial charge in [0.1, 0.15) is 6.61 Å². The molecule has 0 saturated heterocycles. The first kappa shape index (κ1) is 57.2. The average Bonchev–Trinajstić information content (AvgIpc) is 3.22. The summed E-state index contributed by atoms with van der Waals surface area (Å²) in [4.78, 5) is 37.1. The van der Waals surface area contributed by atoms with E-state index in [1.54, 1.807) is 0 Å². The Morgan fingerprint density at radius 2 is 0.934 bits per heavy atom. The molecular weight excluding hydrogens is 763 g/mol. The molecule has 0 amide bonds. The van der Waals surface area contributed by atoms with Gasteiger partial charge in [0.2, 0.25) is 0 Å². The van der Waals surface area contributed by atoms with Crippen molar-refractivity contribution >= 4 is 17.9 Å². The highest BCUT2D eigenvalue weighted by Crippen LogP contribution is 2.14. The summed E-state index contributed by atoms with van der Waals surface area (Å²) in [6.07, 6.45) is 57.4. The molecule has 0 aromatic carbocycles. The Bertz CT molecular complexity index is 1310. The maximum atomic E-state index is 12.7. The van der Waals surface area contributed by atoms with Crippen LogP contribution in [-0.2, 0) is 28.6 Å². The first-order valence-corrected chi connectivity index (χ1v) is 23.9. The zero-order valence-electron chi connectivity index (χ0n) is 39.3. The SMILES string of the molecule is CC/C=C/C=C/C=C/C=C/C=C/C=C/C=C/CCCCCC(=O)OC(COCCC(C(=O)O)[N+](C)(C)C)COC(=O)CCCCCCC/C=C/CCCCCCCCCCC. The van der Waals surface area contributed by atoms with Crippen molar-refractivity contribution in [2.24, 2.45) is 0 Å². The van der Waals surface area contributed by atoms with Crippen LogP contribution < -0.4 is 0 Å². The van der Waals surface area contributed by atoms with Crippen LogP contribution in [0.25, 0.3) is 0 Å². The first-order chi connectivity index (χ1) is 29.6. The summed E-state index contributed by atoms with van der Waals surface area (Å²) >= 11 is 0. The summed E-state index contributed by atoms with van der Waals surface area (Å²) in [6, 6.07) is -0.631. The Kier molecular flexibility index (Phi) is 40.3. The number of hydrogen-bond donors (Lipinski definition) is 1. The van der Waals surface area contributed by atoms with Crippen molar-refractivity contribution in [1.29, 1.82) is 0 Å². The van der Waals surface area contributed by atoms with E-state index >= 15 is 0 Å². The second-order valence-corrected chi connectivity index (χ2v) is 16.8. The highest BCUT2D eigenvalue weighted by molar-refractivity contribution is 5.72. The van der Waals surface area contributed by atoms with Gasteiger partial charge in [-0.15, -0.1) is 0 Å².